The second kappa shape index (κ2) is 4.46. The third-order valence-corrected chi connectivity index (χ3v) is 7.53. The molecule has 6 unspecified atom stereocenters. The molecular weight excluding hydrogens is 236 g/mol. The predicted molar refractivity (Wildman–Crippen MR) is 76.9 cm³/mol. The molecule has 0 amide bonds. The molecule has 3 rings (SSSR count). The van der Waals surface area contributed by atoms with E-state index in [2.05, 4.69) is 20.8 Å². The Morgan fingerprint density at radius 2 is 1.79 bits per heavy atom. The van der Waals surface area contributed by atoms with Crippen LogP contribution >= 0.6 is 0 Å². The van der Waals surface area contributed by atoms with Crippen LogP contribution in [0.4, 0.5) is 0 Å². The molecule has 1 N–H and O–H groups in total. The summed E-state index contributed by atoms with van der Waals surface area (Å²) in [6.07, 6.45) is 7.30. The van der Waals surface area contributed by atoms with Gasteiger partial charge in [0.2, 0.25) is 0 Å². The molecule has 0 saturated heterocycles. The summed E-state index contributed by atoms with van der Waals surface area (Å²) in [6.45, 7) is 7.53. The fraction of sp³-hybridized carbons (Fsp3) is 1.00. The Morgan fingerprint density at radius 3 is 2.32 bits per heavy atom. The molecule has 0 radical (unpaired) electrons. The van der Waals surface area contributed by atoms with E-state index in [0.717, 1.165) is 30.6 Å². The highest BCUT2D eigenvalue weighted by molar-refractivity contribution is 5.11. The molecule has 19 heavy (non-hydrogen) atoms. The number of fused-ring (bicyclic) bond motifs is 2. The molecule has 3 aliphatic carbocycles. The monoisotopic (exact) mass is 266 g/mol. The van der Waals surface area contributed by atoms with Gasteiger partial charge in [-0.3, -0.25) is 0 Å². The van der Waals surface area contributed by atoms with Crippen molar-refractivity contribution in [3.63, 3.8) is 0 Å². The second-order valence-electron chi connectivity index (χ2n) is 8.13. The van der Waals surface area contributed by atoms with Gasteiger partial charge in [0, 0.05) is 7.11 Å². The first kappa shape index (κ1) is 13.9. The van der Waals surface area contributed by atoms with Crippen molar-refractivity contribution in [2.45, 2.75) is 71.5 Å². The maximum Gasteiger partial charge on any atom is 0.0832 e. The Kier molecular flexibility index (Phi) is 3.26. The summed E-state index contributed by atoms with van der Waals surface area (Å²) >= 11 is 0. The van der Waals surface area contributed by atoms with E-state index < -0.39 is 0 Å². The van der Waals surface area contributed by atoms with Crippen molar-refractivity contribution >= 4 is 0 Å². The predicted octanol–water partition coefficient (Wildman–Crippen LogP) is 3.62. The molecule has 3 saturated carbocycles. The lowest BCUT2D eigenvalue weighted by Crippen LogP contribution is -2.42. The standard InChI is InChI=1S/C17H30O2/c1-16(2)12-7-8-17(16,3)13(10-12)11-5-6-14(18)15(9-11)19-4/h11-15,18H,5-10H2,1-4H3. The van der Waals surface area contributed by atoms with Crippen molar-refractivity contribution in [2.24, 2.45) is 28.6 Å². The highest BCUT2D eigenvalue weighted by atomic mass is 16.5. The molecule has 2 nitrogen and oxygen atoms in total. The molecule has 0 aromatic rings. The van der Waals surface area contributed by atoms with Crippen LogP contribution in [0.1, 0.15) is 59.3 Å². The van der Waals surface area contributed by atoms with Crippen LogP contribution in [-0.2, 0) is 4.74 Å². The highest BCUT2D eigenvalue weighted by Crippen LogP contribution is 2.70. The third-order valence-electron chi connectivity index (χ3n) is 7.53. The summed E-state index contributed by atoms with van der Waals surface area (Å²) in [5.41, 5.74) is 1.03. The second-order valence-corrected chi connectivity index (χ2v) is 8.13. The van der Waals surface area contributed by atoms with Crippen LogP contribution in [0.2, 0.25) is 0 Å². The average molecular weight is 266 g/mol. The number of rotatable bonds is 2. The first-order valence-electron chi connectivity index (χ1n) is 8.11. The zero-order chi connectivity index (χ0) is 13.8. The Morgan fingerprint density at radius 1 is 1.05 bits per heavy atom. The number of aliphatic hydroxyl groups is 1. The van der Waals surface area contributed by atoms with Crippen molar-refractivity contribution in [3.05, 3.63) is 0 Å². The SMILES string of the molecule is COC1CC(C2CC3CCC2(C)C3(C)C)CCC1O. The molecule has 110 valence electrons. The van der Waals surface area contributed by atoms with Gasteiger partial charge in [0.05, 0.1) is 12.2 Å². The van der Waals surface area contributed by atoms with Gasteiger partial charge in [-0.25, -0.2) is 0 Å². The van der Waals surface area contributed by atoms with Crippen molar-refractivity contribution in [3.8, 4) is 0 Å². The van der Waals surface area contributed by atoms with E-state index >= 15 is 0 Å². The normalized spacial score (nSPS) is 52.6. The number of hydrogen-bond acceptors (Lipinski definition) is 2. The maximum absolute atomic E-state index is 10.0. The molecule has 6 atom stereocenters. The van der Waals surface area contributed by atoms with Crippen LogP contribution < -0.4 is 0 Å². The van der Waals surface area contributed by atoms with E-state index in [9.17, 15) is 5.11 Å². The van der Waals surface area contributed by atoms with Gasteiger partial charge in [0.15, 0.2) is 0 Å². The minimum Gasteiger partial charge on any atom is -0.390 e. The number of methoxy groups -OCH3 is 1. The van der Waals surface area contributed by atoms with Crippen molar-refractivity contribution in [2.75, 3.05) is 7.11 Å². The van der Waals surface area contributed by atoms with Crippen LogP contribution in [0.25, 0.3) is 0 Å². The van der Waals surface area contributed by atoms with E-state index in [4.69, 9.17) is 4.74 Å². The van der Waals surface area contributed by atoms with Crippen LogP contribution in [0, 0.1) is 28.6 Å². The van der Waals surface area contributed by atoms with Crippen LogP contribution in [-0.4, -0.2) is 24.4 Å². The number of ether oxygens (including phenoxy) is 1. The molecule has 2 bridgehead atoms. The van der Waals surface area contributed by atoms with E-state index in [1.54, 1.807) is 7.11 Å². The molecule has 0 aromatic carbocycles. The van der Waals surface area contributed by atoms with Gasteiger partial charge in [-0.2, -0.15) is 0 Å². The van der Waals surface area contributed by atoms with Crippen LogP contribution in [0.15, 0.2) is 0 Å². The first-order chi connectivity index (χ1) is 8.90. The molecule has 0 aliphatic heterocycles. The van der Waals surface area contributed by atoms with E-state index in [1.165, 1.54) is 25.7 Å². The summed E-state index contributed by atoms with van der Waals surface area (Å²) in [5, 5.41) is 10.0. The number of hydrogen-bond donors (Lipinski definition) is 1. The van der Waals surface area contributed by atoms with Crippen molar-refractivity contribution in [1.82, 2.24) is 0 Å². The van der Waals surface area contributed by atoms with Gasteiger partial charge in [-0.15, -0.1) is 0 Å². The van der Waals surface area contributed by atoms with Gasteiger partial charge in [0.25, 0.3) is 0 Å². The minimum atomic E-state index is -0.236. The average Bonchev–Trinajstić information content (AvgIpc) is 2.72. The quantitative estimate of drug-likeness (QED) is 0.827. The Hall–Kier alpha value is -0.0800. The fourth-order valence-corrected chi connectivity index (χ4v) is 5.74. The molecule has 0 spiro atoms. The third kappa shape index (κ3) is 1.82. The minimum absolute atomic E-state index is 0.0737. The maximum atomic E-state index is 10.0. The molecule has 0 heterocycles. The Labute approximate surface area is 117 Å². The molecule has 2 heteroatoms. The molecule has 0 aromatic heterocycles. The lowest BCUT2D eigenvalue weighted by Gasteiger charge is -2.45. The van der Waals surface area contributed by atoms with Gasteiger partial charge < -0.3 is 9.84 Å². The van der Waals surface area contributed by atoms with E-state index in [-0.39, 0.29) is 12.2 Å². The van der Waals surface area contributed by atoms with E-state index in [1.807, 2.05) is 0 Å². The van der Waals surface area contributed by atoms with Gasteiger partial charge in [0.1, 0.15) is 0 Å². The molecule has 3 aliphatic rings. The van der Waals surface area contributed by atoms with Crippen molar-refractivity contribution in [1.29, 1.82) is 0 Å². The highest BCUT2D eigenvalue weighted by Gasteiger charge is 2.62. The van der Waals surface area contributed by atoms with Gasteiger partial charge in [-0.1, -0.05) is 20.8 Å². The summed E-state index contributed by atoms with van der Waals surface area (Å²) in [4.78, 5) is 0. The van der Waals surface area contributed by atoms with E-state index in [0.29, 0.717) is 10.8 Å². The zero-order valence-electron chi connectivity index (χ0n) is 13.0. The van der Waals surface area contributed by atoms with Crippen molar-refractivity contribution < 1.29 is 9.84 Å². The molecule has 3 fully saturated rings. The first-order valence-corrected chi connectivity index (χ1v) is 8.11. The smallest absolute Gasteiger partial charge is 0.0832 e. The zero-order valence-corrected chi connectivity index (χ0v) is 13.0. The van der Waals surface area contributed by atoms with Gasteiger partial charge in [-0.05, 0) is 67.1 Å². The largest absolute Gasteiger partial charge is 0.390 e. The fourth-order valence-electron chi connectivity index (χ4n) is 5.74. The lowest BCUT2D eigenvalue weighted by atomic mass is 9.61. The van der Waals surface area contributed by atoms with Crippen LogP contribution in [0.3, 0.4) is 0 Å². The van der Waals surface area contributed by atoms with Crippen LogP contribution in [0.5, 0.6) is 0 Å². The Balaban J connectivity index is 1.78. The molecular formula is C17H30O2. The Bertz CT molecular complexity index is 351. The topological polar surface area (TPSA) is 29.5 Å². The summed E-state index contributed by atoms with van der Waals surface area (Å²) in [5.74, 6) is 2.55. The summed E-state index contributed by atoms with van der Waals surface area (Å²) in [6, 6.07) is 0. The number of aliphatic hydroxyl groups excluding tert-OH is 1. The summed E-state index contributed by atoms with van der Waals surface area (Å²) in [7, 11) is 1.75. The summed E-state index contributed by atoms with van der Waals surface area (Å²) < 4.78 is 5.51. The lowest BCUT2D eigenvalue weighted by molar-refractivity contribution is -0.0712. The van der Waals surface area contributed by atoms with Gasteiger partial charge >= 0.3 is 0 Å².